The lowest BCUT2D eigenvalue weighted by molar-refractivity contribution is -0.123. The smallest absolute Gasteiger partial charge is 0.415 e. The van der Waals surface area contributed by atoms with Crippen molar-refractivity contribution in [2.24, 2.45) is 5.92 Å². The Morgan fingerprint density at radius 2 is 2.08 bits per heavy atom. The highest BCUT2D eigenvalue weighted by molar-refractivity contribution is 6.30. The van der Waals surface area contributed by atoms with Crippen molar-refractivity contribution in [3.05, 3.63) is 34.0 Å². The van der Waals surface area contributed by atoms with Crippen LogP contribution in [0.25, 0.3) is 0 Å². The number of carboxylic acid groups (broad SMARTS) is 1. The van der Waals surface area contributed by atoms with Gasteiger partial charge in [-0.05, 0) is 56.3 Å². The summed E-state index contributed by atoms with van der Waals surface area (Å²) in [5.41, 5.74) is 1.81. The molecule has 2 unspecified atom stereocenters. The van der Waals surface area contributed by atoms with E-state index in [2.05, 4.69) is 25.6 Å². The van der Waals surface area contributed by atoms with Crippen molar-refractivity contribution >= 4 is 41.7 Å². The van der Waals surface area contributed by atoms with Crippen LogP contribution in [0.15, 0.2) is 6.20 Å². The zero-order valence-corrected chi connectivity index (χ0v) is 20.0. The molecule has 192 valence electrons. The highest BCUT2D eigenvalue weighted by Crippen LogP contribution is 2.34. The summed E-state index contributed by atoms with van der Waals surface area (Å²) < 4.78 is 25.0. The van der Waals surface area contributed by atoms with Gasteiger partial charge < -0.3 is 25.2 Å². The number of nitrogens with zero attached hydrogens (tertiary/aromatic N) is 4. The molecule has 36 heavy (non-hydrogen) atoms. The number of nitrogens with one attached hydrogen (secondary N) is 2. The maximum absolute atomic E-state index is 14.3. The Bertz CT molecular complexity index is 1180. The summed E-state index contributed by atoms with van der Waals surface area (Å²) in [6, 6.07) is 0. The molecule has 2 aliphatic heterocycles. The summed E-state index contributed by atoms with van der Waals surface area (Å²) in [6.07, 6.45) is 2.51. The molecule has 0 bridgehead atoms. The van der Waals surface area contributed by atoms with Crippen LogP contribution in [0, 0.1) is 18.7 Å². The topological polar surface area (TPSA) is 156 Å². The number of amides is 2. The van der Waals surface area contributed by atoms with Crippen LogP contribution in [0.2, 0.25) is 5.15 Å². The Hall–Kier alpha value is -3.58. The quantitative estimate of drug-likeness (QED) is 0.290. The van der Waals surface area contributed by atoms with Crippen LogP contribution in [0.3, 0.4) is 0 Å². The van der Waals surface area contributed by atoms with Gasteiger partial charge in [-0.15, -0.1) is 0 Å². The first kappa shape index (κ1) is 25.5. The van der Waals surface area contributed by atoms with Gasteiger partial charge in [-0.25, -0.2) is 24.1 Å². The molecule has 1 fully saturated rings. The molecular weight excluding hydrogens is 499 g/mol. The summed E-state index contributed by atoms with van der Waals surface area (Å²) in [6.45, 7) is 2.91. The van der Waals surface area contributed by atoms with Crippen molar-refractivity contribution in [1.29, 1.82) is 0 Å². The predicted octanol–water partition coefficient (Wildman–Crippen LogP) is 1.72. The van der Waals surface area contributed by atoms with Gasteiger partial charge >= 0.3 is 6.09 Å². The SMILES string of the molecule is Cc1nc(Cl)c2c(c1F)CC(CNCCC1CN(c3cnc4c(n3)NC(=O)CO4)C(=O)O1)C2.O=CO. The number of rotatable bonds is 6. The van der Waals surface area contributed by atoms with E-state index >= 15 is 0 Å². The highest BCUT2D eigenvalue weighted by Gasteiger charge is 2.34. The van der Waals surface area contributed by atoms with Crippen molar-refractivity contribution in [2.45, 2.75) is 32.3 Å². The molecule has 1 saturated heterocycles. The van der Waals surface area contributed by atoms with E-state index in [1.54, 1.807) is 6.92 Å². The van der Waals surface area contributed by atoms with Crippen LogP contribution < -0.4 is 20.3 Å². The number of hydrogen-bond acceptors (Lipinski definition) is 9. The van der Waals surface area contributed by atoms with E-state index in [0.29, 0.717) is 55.3 Å². The fourth-order valence-electron chi connectivity index (χ4n) is 4.37. The lowest BCUT2D eigenvalue weighted by atomic mass is 10.1. The first-order valence-corrected chi connectivity index (χ1v) is 11.6. The van der Waals surface area contributed by atoms with E-state index in [1.807, 2.05) is 0 Å². The lowest BCUT2D eigenvalue weighted by Crippen LogP contribution is -2.30. The molecule has 5 rings (SSSR count). The highest BCUT2D eigenvalue weighted by atomic mass is 35.5. The summed E-state index contributed by atoms with van der Waals surface area (Å²) in [4.78, 5) is 46.0. The van der Waals surface area contributed by atoms with E-state index in [1.165, 1.54) is 11.1 Å². The van der Waals surface area contributed by atoms with Gasteiger partial charge in [-0.1, -0.05) is 11.6 Å². The Balaban J connectivity index is 0.000000967. The third kappa shape index (κ3) is 5.46. The molecule has 0 radical (unpaired) electrons. The van der Waals surface area contributed by atoms with Crippen LogP contribution in [0.4, 0.5) is 20.8 Å². The van der Waals surface area contributed by atoms with Crippen molar-refractivity contribution in [1.82, 2.24) is 20.3 Å². The number of hydrogen-bond donors (Lipinski definition) is 3. The Morgan fingerprint density at radius 3 is 2.86 bits per heavy atom. The molecule has 0 saturated carbocycles. The van der Waals surface area contributed by atoms with E-state index in [4.69, 9.17) is 31.0 Å². The zero-order chi connectivity index (χ0) is 25.8. The molecule has 2 aromatic heterocycles. The molecule has 0 spiro atoms. The van der Waals surface area contributed by atoms with Gasteiger partial charge in [0.1, 0.15) is 17.1 Å². The van der Waals surface area contributed by atoms with Crippen molar-refractivity contribution < 1.29 is 33.4 Å². The van der Waals surface area contributed by atoms with E-state index < -0.39 is 6.09 Å². The maximum atomic E-state index is 14.3. The molecule has 12 nitrogen and oxygen atoms in total. The molecule has 2 aromatic rings. The summed E-state index contributed by atoms with van der Waals surface area (Å²) in [5.74, 6) is 0.330. The maximum Gasteiger partial charge on any atom is 0.415 e. The van der Waals surface area contributed by atoms with Gasteiger partial charge in [0, 0.05) is 0 Å². The average Bonchev–Trinajstić information content (AvgIpc) is 3.44. The van der Waals surface area contributed by atoms with E-state index in [9.17, 15) is 14.0 Å². The summed E-state index contributed by atoms with van der Waals surface area (Å²) in [7, 11) is 0. The second kappa shape index (κ2) is 11.0. The Labute approximate surface area is 210 Å². The minimum atomic E-state index is -0.517. The molecule has 4 heterocycles. The normalized spacial score (nSPS) is 19.9. The van der Waals surface area contributed by atoms with Crippen LogP contribution in [-0.2, 0) is 27.2 Å². The summed E-state index contributed by atoms with van der Waals surface area (Å²) >= 11 is 6.20. The molecule has 2 amide bonds. The predicted molar refractivity (Wildman–Crippen MR) is 125 cm³/mol. The fourth-order valence-corrected chi connectivity index (χ4v) is 4.69. The van der Waals surface area contributed by atoms with Crippen molar-refractivity contribution in [3.63, 3.8) is 0 Å². The van der Waals surface area contributed by atoms with Crippen LogP contribution in [0.1, 0.15) is 23.2 Å². The number of cyclic esters (lactones) is 1. The largest absolute Gasteiger partial charge is 0.483 e. The number of anilines is 2. The van der Waals surface area contributed by atoms with E-state index in [-0.39, 0.29) is 54.3 Å². The first-order valence-electron chi connectivity index (χ1n) is 11.2. The molecular formula is C22H24ClFN6O6. The Kier molecular flexibility index (Phi) is 7.79. The second-order valence-electron chi connectivity index (χ2n) is 8.47. The Morgan fingerprint density at radius 1 is 1.33 bits per heavy atom. The van der Waals surface area contributed by atoms with Crippen LogP contribution in [-0.4, -0.2) is 70.9 Å². The third-order valence-corrected chi connectivity index (χ3v) is 6.31. The monoisotopic (exact) mass is 522 g/mol. The number of aryl methyl sites for hydroxylation is 1. The minimum Gasteiger partial charge on any atom is -0.483 e. The number of fused-ring (bicyclic) bond motifs is 2. The van der Waals surface area contributed by atoms with Gasteiger partial charge in [0.05, 0.1) is 18.4 Å². The number of carbonyl (C=O) groups excluding carboxylic acids is 2. The van der Waals surface area contributed by atoms with Gasteiger partial charge in [-0.2, -0.15) is 0 Å². The second-order valence-corrected chi connectivity index (χ2v) is 8.82. The standard InChI is InChI=1S/C21H22ClFN6O4.CH2O2/c1-10-17(23)13-4-11(5-14(13)18(22)26-10)6-24-3-2-12-8-29(21(31)33-12)15-7-25-20-19(27-15)28-16(30)9-32-20;2-1-3/h7,11-12,24H,2-6,8-9H2,1H3,(H,27,28,30);1H,(H,2,3). The van der Waals surface area contributed by atoms with Gasteiger partial charge in [-0.3, -0.25) is 14.5 Å². The van der Waals surface area contributed by atoms with Gasteiger partial charge in [0.2, 0.25) is 0 Å². The molecule has 1 aliphatic carbocycles. The summed E-state index contributed by atoms with van der Waals surface area (Å²) in [5, 5.41) is 13.2. The molecule has 3 aliphatic rings. The van der Waals surface area contributed by atoms with Gasteiger partial charge in [0.15, 0.2) is 18.2 Å². The van der Waals surface area contributed by atoms with Crippen LogP contribution in [0.5, 0.6) is 5.88 Å². The van der Waals surface area contributed by atoms with Crippen molar-refractivity contribution in [3.8, 4) is 5.88 Å². The van der Waals surface area contributed by atoms with Gasteiger partial charge in [0.25, 0.3) is 18.3 Å². The number of ether oxygens (including phenoxy) is 2. The number of halogens is 2. The minimum absolute atomic E-state index is 0.118. The average molecular weight is 523 g/mol. The fraction of sp³-hybridized carbons (Fsp3) is 0.455. The van der Waals surface area contributed by atoms with E-state index in [0.717, 1.165) is 5.56 Å². The lowest BCUT2D eigenvalue weighted by Gasteiger charge is -2.18. The number of carbonyl (C=O) groups is 3. The third-order valence-electron chi connectivity index (χ3n) is 6.00. The zero-order valence-electron chi connectivity index (χ0n) is 19.3. The number of aromatic nitrogens is 3. The first-order chi connectivity index (χ1) is 17.3. The number of pyridine rings is 1. The van der Waals surface area contributed by atoms with Crippen LogP contribution >= 0.6 is 11.6 Å². The van der Waals surface area contributed by atoms with Crippen molar-refractivity contribution in [2.75, 3.05) is 36.5 Å². The molecule has 2 atom stereocenters. The molecule has 3 N–H and O–H groups in total. The molecule has 14 heteroatoms. The molecule has 0 aromatic carbocycles.